The van der Waals surface area contributed by atoms with Gasteiger partial charge in [-0.25, -0.2) is 0 Å². The molecule has 2 unspecified atom stereocenters. The van der Waals surface area contributed by atoms with E-state index >= 15 is 0 Å². The number of carbonyl (C=O) groups excluding carboxylic acids is 1. The van der Waals surface area contributed by atoms with Crippen LogP contribution in [0.4, 0.5) is 0 Å². The van der Waals surface area contributed by atoms with Gasteiger partial charge in [0.2, 0.25) is 5.91 Å². The van der Waals surface area contributed by atoms with Crippen LogP contribution in [-0.4, -0.2) is 59.7 Å². The largest absolute Gasteiger partial charge is 0.588 e. The van der Waals surface area contributed by atoms with E-state index in [0.717, 1.165) is 24.8 Å². The number of benzene rings is 1. The molecule has 2 atom stereocenters. The maximum absolute atomic E-state index is 13.5. The first-order valence-electron chi connectivity index (χ1n) is 9.51. The van der Waals surface area contributed by atoms with Crippen LogP contribution in [0.25, 0.3) is 0 Å². The number of rotatable bonds is 11. The van der Waals surface area contributed by atoms with Gasteiger partial charge >= 0.3 is 0 Å². The van der Waals surface area contributed by atoms with Crippen LogP contribution >= 0.6 is 23.2 Å². The zero-order valence-corrected chi connectivity index (χ0v) is 19.6. The quantitative estimate of drug-likeness (QED) is 0.460. The molecule has 29 heavy (non-hydrogen) atoms. The summed E-state index contributed by atoms with van der Waals surface area (Å²) in [7, 11) is 3.20. The summed E-state index contributed by atoms with van der Waals surface area (Å²) in [4.78, 5) is 14.5. The molecule has 0 aromatic heterocycles. The third kappa shape index (κ3) is 5.81. The van der Waals surface area contributed by atoms with Gasteiger partial charge in [0, 0.05) is 48.9 Å². The summed E-state index contributed by atoms with van der Waals surface area (Å²) in [6, 6.07) is 4.79. The van der Waals surface area contributed by atoms with E-state index in [1.807, 2.05) is 0 Å². The molecule has 1 aliphatic heterocycles. The zero-order valence-electron chi connectivity index (χ0n) is 17.2. The van der Waals surface area contributed by atoms with Crippen LogP contribution in [0, 0.1) is 0 Å². The maximum Gasteiger partial charge on any atom is 0.225 e. The number of ether oxygens (including phenoxy) is 2. The number of unbranched alkanes of at least 4 members (excludes halogenated alkanes) is 1. The highest BCUT2D eigenvalue weighted by molar-refractivity contribution is 7.89. The summed E-state index contributed by atoms with van der Waals surface area (Å²) in [5.74, 6) is 0.470. The van der Waals surface area contributed by atoms with E-state index in [9.17, 15) is 9.35 Å². The van der Waals surface area contributed by atoms with Gasteiger partial charge in [0.1, 0.15) is 17.4 Å². The predicted molar refractivity (Wildman–Crippen MR) is 116 cm³/mol. The van der Waals surface area contributed by atoms with E-state index in [1.165, 1.54) is 6.92 Å². The molecule has 1 heterocycles. The number of hydrogen-bond acceptors (Lipinski definition) is 5. The molecule has 1 amide bonds. The lowest BCUT2D eigenvalue weighted by atomic mass is 9.94. The van der Waals surface area contributed by atoms with Gasteiger partial charge in [-0.05, 0) is 12.5 Å². The van der Waals surface area contributed by atoms with Crippen molar-refractivity contribution in [1.82, 2.24) is 9.21 Å². The first kappa shape index (κ1) is 24.3. The molecule has 0 saturated heterocycles. The van der Waals surface area contributed by atoms with Crippen molar-refractivity contribution in [1.29, 1.82) is 0 Å². The van der Waals surface area contributed by atoms with E-state index in [-0.39, 0.29) is 11.9 Å². The van der Waals surface area contributed by atoms with Crippen LogP contribution in [0.2, 0.25) is 10.0 Å². The van der Waals surface area contributed by atoms with Gasteiger partial charge in [0.15, 0.2) is 10.7 Å². The molecule has 0 N–H and O–H groups in total. The molecular formula is C20H28Cl2N2O4S. The van der Waals surface area contributed by atoms with E-state index in [1.54, 1.807) is 41.6 Å². The van der Waals surface area contributed by atoms with Gasteiger partial charge in [-0.3, -0.25) is 9.69 Å². The van der Waals surface area contributed by atoms with Crippen molar-refractivity contribution in [3.63, 3.8) is 0 Å². The second-order valence-electron chi connectivity index (χ2n) is 6.78. The molecule has 1 aliphatic rings. The smallest absolute Gasteiger partial charge is 0.225 e. The van der Waals surface area contributed by atoms with Crippen LogP contribution in [0.3, 0.4) is 0 Å². The van der Waals surface area contributed by atoms with Crippen molar-refractivity contribution in [3.05, 3.63) is 39.6 Å². The highest BCUT2D eigenvalue weighted by atomic mass is 35.5. The molecular weight excluding hydrogens is 435 g/mol. The number of nitrogens with zero attached hydrogens (tertiary/aromatic N) is 2. The van der Waals surface area contributed by atoms with Crippen LogP contribution in [0.1, 0.15) is 33.1 Å². The lowest BCUT2D eigenvalue weighted by Crippen LogP contribution is -2.57. The van der Waals surface area contributed by atoms with Gasteiger partial charge < -0.3 is 14.0 Å². The van der Waals surface area contributed by atoms with Crippen molar-refractivity contribution in [2.45, 2.75) is 44.0 Å². The van der Waals surface area contributed by atoms with Crippen molar-refractivity contribution in [2.24, 2.45) is 0 Å². The Kier molecular flexibility index (Phi) is 9.59. The fourth-order valence-electron chi connectivity index (χ4n) is 3.34. The van der Waals surface area contributed by atoms with E-state index in [4.69, 9.17) is 32.7 Å². The zero-order chi connectivity index (χ0) is 21.6. The second kappa shape index (κ2) is 11.4. The molecule has 9 heteroatoms. The maximum atomic E-state index is 13.5. The SMILES string of the molecule is CCCCC1C(COC)=C(N(CCOC)C(C)=O)N1[S+]([O-])c1cc(Cl)cc(Cl)c1. The standard InChI is InChI=1S/C20H28Cl2N2O4S/c1-5-6-7-19-18(13-28-4)20(23(14(2)25)8-9-27-3)24(19)29(26)17-11-15(21)10-16(22)12-17/h10-12,19H,5-9,13H2,1-4H3. The van der Waals surface area contributed by atoms with E-state index in [0.29, 0.717) is 40.5 Å². The van der Waals surface area contributed by atoms with E-state index in [2.05, 4.69) is 6.92 Å². The average molecular weight is 463 g/mol. The Balaban J connectivity index is 2.48. The summed E-state index contributed by atoms with van der Waals surface area (Å²) >= 11 is 10.7. The number of hydrogen-bond donors (Lipinski definition) is 0. The third-order valence-electron chi connectivity index (χ3n) is 4.68. The Labute approximate surface area is 186 Å². The summed E-state index contributed by atoms with van der Waals surface area (Å²) in [6.07, 6.45) is 2.79. The Morgan fingerprint density at radius 1 is 1.24 bits per heavy atom. The van der Waals surface area contributed by atoms with Crippen LogP contribution < -0.4 is 0 Å². The van der Waals surface area contributed by atoms with Gasteiger partial charge in [-0.2, -0.15) is 4.31 Å². The minimum atomic E-state index is -1.58. The molecule has 0 radical (unpaired) electrons. The average Bonchev–Trinajstić information content (AvgIpc) is 2.65. The minimum Gasteiger partial charge on any atom is -0.588 e. The molecule has 1 aromatic rings. The number of amides is 1. The van der Waals surface area contributed by atoms with Gasteiger partial charge in [-0.15, -0.1) is 0 Å². The number of halogens is 2. The van der Waals surface area contributed by atoms with Crippen molar-refractivity contribution < 1.29 is 18.8 Å². The monoisotopic (exact) mass is 462 g/mol. The molecule has 0 bridgehead atoms. The number of carbonyl (C=O) groups is 1. The summed E-state index contributed by atoms with van der Waals surface area (Å²) in [5.41, 5.74) is 0.966. The fraction of sp³-hybridized carbons (Fsp3) is 0.550. The third-order valence-corrected chi connectivity index (χ3v) is 6.54. The van der Waals surface area contributed by atoms with Crippen LogP contribution in [0.5, 0.6) is 0 Å². The topological polar surface area (TPSA) is 65.1 Å². The number of methoxy groups -OCH3 is 2. The molecule has 0 spiro atoms. The molecule has 6 nitrogen and oxygen atoms in total. The molecule has 0 fully saturated rings. The minimum absolute atomic E-state index is 0.0899. The van der Waals surface area contributed by atoms with Crippen molar-refractivity contribution in [3.8, 4) is 0 Å². The lowest BCUT2D eigenvalue weighted by Gasteiger charge is -2.47. The Morgan fingerprint density at radius 3 is 2.41 bits per heavy atom. The van der Waals surface area contributed by atoms with E-state index < -0.39 is 11.4 Å². The Hall–Kier alpha value is -0.960. The molecule has 0 aliphatic carbocycles. The Morgan fingerprint density at radius 2 is 1.90 bits per heavy atom. The first-order chi connectivity index (χ1) is 13.8. The predicted octanol–water partition coefficient (Wildman–Crippen LogP) is 4.24. The highest BCUT2D eigenvalue weighted by Gasteiger charge is 2.48. The van der Waals surface area contributed by atoms with Crippen LogP contribution in [-0.2, 0) is 25.6 Å². The Bertz CT molecular complexity index is 727. The summed E-state index contributed by atoms with van der Waals surface area (Å²) in [5, 5.41) is 0.828. The summed E-state index contributed by atoms with van der Waals surface area (Å²) in [6.45, 7) is 4.69. The molecule has 162 valence electrons. The molecule has 1 aromatic carbocycles. The van der Waals surface area contributed by atoms with Crippen LogP contribution in [0.15, 0.2) is 34.5 Å². The van der Waals surface area contributed by atoms with Crippen molar-refractivity contribution >= 4 is 40.5 Å². The second-order valence-corrected chi connectivity index (χ2v) is 9.02. The fourth-order valence-corrected chi connectivity index (χ4v) is 5.52. The lowest BCUT2D eigenvalue weighted by molar-refractivity contribution is -0.129. The van der Waals surface area contributed by atoms with Gasteiger partial charge in [-0.1, -0.05) is 43.0 Å². The first-order valence-corrected chi connectivity index (χ1v) is 11.4. The summed E-state index contributed by atoms with van der Waals surface area (Å²) < 4.78 is 25.9. The normalized spacial score (nSPS) is 17.3. The molecule has 0 saturated carbocycles. The van der Waals surface area contributed by atoms with Gasteiger partial charge in [0.05, 0.1) is 19.8 Å². The molecule has 2 rings (SSSR count). The highest BCUT2D eigenvalue weighted by Crippen LogP contribution is 2.42. The van der Waals surface area contributed by atoms with Gasteiger partial charge in [0.25, 0.3) is 0 Å². The van der Waals surface area contributed by atoms with Crippen molar-refractivity contribution in [2.75, 3.05) is 34.0 Å².